The fourth-order valence-electron chi connectivity index (χ4n) is 2.51. The first-order valence-electron chi connectivity index (χ1n) is 7.65. The summed E-state index contributed by atoms with van der Waals surface area (Å²) in [5.41, 5.74) is 1.01. The lowest BCUT2D eigenvalue weighted by Gasteiger charge is -2.09. The third-order valence-electron chi connectivity index (χ3n) is 3.92. The molecule has 0 atom stereocenters. The molecule has 1 aliphatic rings. The molecule has 0 N–H and O–H groups in total. The molecular weight excluding hydrogens is 296 g/mol. The number of benzene rings is 1. The minimum Gasteiger partial charge on any atom is -0.375 e. The van der Waals surface area contributed by atoms with Crippen LogP contribution in [0, 0.1) is 10.1 Å². The summed E-state index contributed by atoms with van der Waals surface area (Å²) in [5.74, 6) is 0.353. The zero-order chi connectivity index (χ0) is 16.2. The number of aromatic nitrogens is 1. The Kier molecular flexibility index (Phi) is 4.52. The van der Waals surface area contributed by atoms with Gasteiger partial charge in [-0.25, -0.2) is 0 Å². The first kappa shape index (κ1) is 15.4. The van der Waals surface area contributed by atoms with Gasteiger partial charge in [0, 0.05) is 18.8 Å². The number of pyridine rings is 1. The maximum Gasteiger partial charge on any atom is 0.334 e. The molecule has 2 aromatic rings. The summed E-state index contributed by atoms with van der Waals surface area (Å²) in [5, 5.41) is 11.0. The average molecular weight is 314 g/mol. The molecular formula is C17H18N2O4. The van der Waals surface area contributed by atoms with Crippen molar-refractivity contribution in [3.63, 3.8) is 0 Å². The van der Waals surface area contributed by atoms with E-state index >= 15 is 0 Å². The van der Waals surface area contributed by atoms with Gasteiger partial charge in [0.15, 0.2) is 0 Å². The van der Waals surface area contributed by atoms with Crippen LogP contribution in [0.3, 0.4) is 0 Å². The van der Waals surface area contributed by atoms with Gasteiger partial charge in [-0.2, -0.15) is 0 Å². The maximum absolute atomic E-state index is 12.1. The fraction of sp³-hybridized carbons (Fsp3) is 0.353. The molecule has 0 saturated heterocycles. The van der Waals surface area contributed by atoms with E-state index in [0.717, 1.165) is 24.0 Å². The smallest absolute Gasteiger partial charge is 0.334 e. The first-order chi connectivity index (χ1) is 11.1. The summed E-state index contributed by atoms with van der Waals surface area (Å²) in [6.45, 7) is 1.10. The van der Waals surface area contributed by atoms with Crippen molar-refractivity contribution in [2.24, 2.45) is 0 Å². The molecule has 6 nitrogen and oxygen atoms in total. The fourth-order valence-corrected chi connectivity index (χ4v) is 2.51. The molecule has 120 valence electrons. The predicted octanol–water partition coefficient (Wildman–Crippen LogP) is 2.85. The topological polar surface area (TPSA) is 74.4 Å². The lowest BCUT2D eigenvalue weighted by molar-refractivity contribution is -0.386. The van der Waals surface area contributed by atoms with Crippen LogP contribution in [0.4, 0.5) is 5.69 Å². The van der Waals surface area contributed by atoms with Gasteiger partial charge < -0.3 is 9.30 Å². The summed E-state index contributed by atoms with van der Waals surface area (Å²) >= 11 is 0. The Hall–Kier alpha value is -2.47. The van der Waals surface area contributed by atoms with Gasteiger partial charge in [0.05, 0.1) is 18.1 Å². The van der Waals surface area contributed by atoms with Crippen molar-refractivity contribution in [2.75, 3.05) is 6.61 Å². The highest BCUT2D eigenvalue weighted by atomic mass is 16.6. The highest BCUT2D eigenvalue weighted by Gasteiger charge is 2.27. The Labute approximate surface area is 133 Å². The molecule has 0 spiro atoms. The van der Waals surface area contributed by atoms with Crippen LogP contribution in [-0.4, -0.2) is 16.1 Å². The Morgan fingerprint density at radius 1 is 1.26 bits per heavy atom. The second kappa shape index (κ2) is 6.75. The Bertz CT molecular complexity index is 751. The van der Waals surface area contributed by atoms with E-state index in [-0.39, 0.29) is 5.69 Å². The van der Waals surface area contributed by atoms with E-state index in [1.165, 1.54) is 10.6 Å². The first-order valence-corrected chi connectivity index (χ1v) is 7.65. The number of hydrogen-bond donors (Lipinski definition) is 0. The molecule has 1 aromatic heterocycles. The number of hydrogen-bond acceptors (Lipinski definition) is 4. The lowest BCUT2D eigenvalue weighted by Crippen LogP contribution is -2.24. The Balaban J connectivity index is 1.67. The highest BCUT2D eigenvalue weighted by molar-refractivity contribution is 5.34. The number of nitrogens with zero attached hydrogens (tertiary/aromatic N) is 2. The third-order valence-corrected chi connectivity index (χ3v) is 3.92. The van der Waals surface area contributed by atoms with Gasteiger partial charge in [-0.3, -0.25) is 14.9 Å². The normalized spacial score (nSPS) is 13.9. The van der Waals surface area contributed by atoms with Crippen molar-refractivity contribution < 1.29 is 9.66 Å². The molecule has 0 aliphatic heterocycles. The highest BCUT2D eigenvalue weighted by Crippen LogP contribution is 2.40. The van der Waals surface area contributed by atoms with E-state index in [1.807, 2.05) is 30.3 Å². The van der Waals surface area contributed by atoms with Gasteiger partial charge >= 0.3 is 11.2 Å². The van der Waals surface area contributed by atoms with E-state index in [1.54, 1.807) is 6.20 Å². The summed E-state index contributed by atoms with van der Waals surface area (Å²) in [4.78, 5) is 22.6. The van der Waals surface area contributed by atoms with E-state index in [0.29, 0.717) is 25.7 Å². The minimum atomic E-state index is -0.602. The number of rotatable bonds is 7. The molecule has 1 aliphatic carbocycles. The molecule has 0 radical (unpaired) electrons. The molecule has 0 unspecified atom stereocenters. The standard InChI is InChI=1S/C17H18N2O4/c20-17-16(19(21)22)10-15(14-6-7-14)11-18(17)8-9-23-12-13-4-2-1-3-5-13/h1-5,10-11,14H,6-9,12H2. The minimum absolute atomic E-state index is 0.313. The van der Waals surface area contributed by atoms with Crippen molar-refractivity contribution in [1.82, 2.24) is 4.57 Å². The van der Waals surface area contributed by atoms with Crippen LogP contribution in [0.2, 0.25) is 0 Å². The molecule has 1 heterocycles. The summed E-state index contributed by atoms with van der Waals surface area (Å²) in [6.07, 6.45) is 3.79. The molecule has 23 heavy (non-hydrogen) atoms. The molecule has 3 rings (SSSR count). The van der Waals surface area contributed by atoms with Crippen LogP contribution < -0.4 is 5.56 Å². The van der Waals surface area contributed by atoms with Crippen molar-refractivity contribution in [3.8, 4) is 0 Å². The van der Waals surface area contributed by atoms with E-state index in [9.17, 15) is 14.9 Å². The van der Waals surface area contributed by atoms with Gasteiger partial charge in [-0.05, 0) is 29.9 Å². The monoisotopic (exact) mass is 314 g/mol. The van der Waals surface area contributed by atoms with Crippen molar-refractivity contribution in [2.45, 2.75) is 31.9 Å². The Morgan fingerprint density at radius 3 is 2.65 bits per heavy atom. The zero-order valence-electron chi connectivity index (χ0n) is 12.7. The van der Waals surface area contributed by atoms with Crippen LogP contribution in [0.15, 0.2) is 47.4 Å². The predicted molar refractivity (Wildman–Crippen MR) is 85.4 cm³/mol. The zero-order valence-corrected chi connectivity index (χ0v) is 12.7. The third kappa shape index (κ3) is 3.84. The number of nitro groups is 1. The number of ether oxygens (including phenoxy) is 1. The molecule has 1 aromatic carbocycles. The maximum atomic E-state index is 12.1. The van der Waals surface area contributed by atoms with E-state index in [2.05, 4.69) is 0 Å². The lowest BCUT2D eigenvalue weighted by atomic mass is 10.2. The van der Waals surface area contributed by atoms with E-state index in [4.69, 9.17) is 4.74 Å². The van der Waals surface area contributed by atoms with Crippen LogP contribution in [-0.2, 0) is 17.9 Å². The largest absolute Gasteiger partial charge is 0.375 e. The second-order valence-electron chi connectivity index (χ2n) is 5.73. The van der Waals surface area contributed by atoms with Crippen LogP contribution in [0.5, 0.6) is 0 Å². The van der Waals surface area contributed by atoms with Crippen molar-refractivity contribution in [1.29, 1.82) is 0 Å². The van der Waals surface area contributed by atoms with Crippen LogP contribution in [0.25, 0.3) is 0 Å². The molecule has 1 saturated carbocycles. The van der Waals surface area contributed by atoms with E-state index < -0.39 is 10.5 Å². The Morgan fingerprint density at radius 2 is 2.00 bits per heavy atom. The van der Waals surface area contributed by atoms with Crippen LogP contribution >= 0.6 is 0 Å². The average Bonchev–Trinajstić information content (AvgIpc) is 3.38. The quantitative estimate of drug-likeness (QED) is 0.447. The van der Waals surface area contributed by atoms with Gasteiger partial charge in [0.25, 0.3) is 0 Å². The summed E-state index contributed by atoms with van der Waals surface area (Å²) in [6, 6.07) is 11.2. The molecule has 0 bridgehead atoms. The van der Waals surface area contributed by atoms with Gasteiger partial charge in [-0.15, -0.1) is 0 Å². The van der Waals surface area contributed by atoms with Gasteiger partial charge in [-0.1, -0.05) is 30.3 Å². The van der Waals surface area contributed by atoms with Crippen LogP contribution in [0.1, 0.15) is 29.9 Å². The van der Waals surface area contributed by atoms with Crippen molar-refractivity contribution >= 4 is 5.69 Å². The summed E-state index contributed by atoms with van der Waals surface area (Å²) in [7, 11) is 0. The van der Waals surface area contributed by atoms with Gasteiger partial charge in [0.1, 0.15) is 0 Å². The molecule has 1 fully saturated rings. The molecule has 6 heteroatoms. The summed E-state index contributed by atoms with van der Waals surface area (Å²) < 4.78 is 6.96. The second-order valence-corrected chi connectivity index (χ2v) is 5.73. The molecule has 0 amide bonds. The SMILES string of the molecule is O=c1c([N+](=O)[O-])cc(C2CC2)cn1CCOCc1ccccc1. The van der Waals surface area contributed by atoms with Crippen molar-refractivity contribution in [3.05, 3.63) is 74.2 Å². The van der Waals surface area contributed by atoms with Gasteiger partial charge in [0.2, 0.25) is 0 Å².